The molecule has 0 aliphatic rings. The fraction of sp³-hybridized carbons (Fsp3) is 0.182. The van der Waals surface area contributed by atoms with Gasteiger partial charge < -0.3 is 15.5 Å². The van der Waals surface area contributed by atoms with Crippen LogP contribution in [-0.2, 0) is 11.2 Å². The molecule has 2 aromatic carbocycles. The number of hydrazine groups is 1. The average Bonchev–Trinajstić information content (AvgIpc) is 3.14. The van der Waals surface area contributed by atoms with Gasteiger partial charge in [-0.2, -0.15) is 0 Å². The largest absolute Gasteiger partial charge is 0.497 e. The number of benzene rings is 2. The number of hydrogen-bond donors (Lipinski definition) is 3. The minimum atomic E-state index is -0.0975. The molecule has 0 radical (unpaired) electrons. The molecule has 1 amide bonds. The van der Waals surface area contributed by atoms with Gasteiger partial charge in [0.1, 0.15) is 5.75 Å². The summed E-state index contributed by atoms with van der Waals surface area (Å²) in [7, 11) is 1.64. The monoisotopic (exact) mass is 408 g/mol. The molecule has 0 saturated heterocycles. The van der Waals surface area contributed by atoms with E-state index in [-0.39, 0.29) is 5.91 Å². The van der Waals surface area contributed by atoms with Crippen molar-refractivity contribution in [3.63, 3.8) is 0 Å². The summed E-state index contributed by atoms with van der Waals surface area (Å²) in [5, 5.41) is 4.13. The number of allylic oxidation sites excluding steroid dienone is 1. The minimum Gasteiger partial charge on any atom is -0.497 e. The number of ether oxygens (including phenoxy) is 1. The second-order valence-electron chi connectivity index (χ2n) is 6.46. The van der Waals surface area contributed by atoms with Gasteiger partial charge in [-0.25, -0.2) is 4.98 Å². The Morgan fingerprint density at radius 3 is 2.48 bits per heavy atom. The first-order chi connectivity index (χ1) is 14.0. The number of nitrogens with one attached hydrogen (secondary N) is 3. The van der Waals surface area contributed by atoms with Crippen LogP contribution in [0.1, 0.15) is 18.2 Å². The standard InChI is InChI=1S/C22H24N4O2S/c1-15(2)25-26-20(27)14-13-19-21(16-9-11-18(28-3)12-10-16)24-22(29-19)23-17-7-5-4-6-8-17/h4-12,25H,1,13-14H2,2-3H3,(H,23,24)(H,26,27). The molecule has 0 saturated carbocycles. The first-order valence-corrected chi connectivity index (χ1v) is 10.0. The fourth-order valence-electron chi connectivity index (χ4n) is 2.66. The number of amides is 1. The first-order valence-electron chi connectivity index (χ1n) is 9.21. The van der Waals surface area contributed by atoms with Crippen LogP contribution in [0.2, 0.25) is 0 Å². The summed E-state index contributed by atoms with van der Waals surface area (Å²) in [4.78, 5) is 17.9. The van der Waals surface area contributed by atoms with Crippen LogP contribution in [0.15, 0.2) is 66.9 Å². The zero-order valence-electron chi connectivity index (χ0n) is 16.5. The third kappa shape index (κ3) is 5.83. The zero-order valence-corrected chi connectivity index (χ0v) is 17.3. The van der Waals surface area contributed by atoms with Crippen LogP contribution in [0, 0.1) is 0 Å². The average molecular weight is 409 g/mol. The first kappa shape index (κ1) is 20.4. The van der Waals surface area contributed by atoms with Crippen LogP contribution in [-0.4, -0.2) is 18.0 Å². The van der Waals surface area contributed by atoms with Crippen molar-refractivity contribution >= 4 is 28.1 Å². The molecule has 0 fully saturated rings. The molecule has 0 atom stereocenters. The zero-order chi connectivity index (χ0) is 20.6. The van der Waals surface area contributed by atoms with E-state index in [0.29, 0.717) is 18.5 Å². The number of carbonyl (C=O) groups is 1. The maximum absolute atomic E-state index is 12.1. The molecular formula is C22H24N4O2S. The number of anilines is 2. The highest BCUT2D eigenvalue weighted by molar-refractivity contribution is 7.16. The fourth-order valence-corrected chi connectivity index (χ4v) is 3.66. The number of rotatable bonds is 9. The normalized spacial score (nSPS) is 10.3. The van der Waals surface area contributed by atoms with Gasteiger partial charge in [0, 0.05) is 28.2 Å². The van der Waals surface area contributed by atoms with Crippen molar-refractivity contribution in [2.45, 2.75) is 19.8 Å². The molecule has 3 N–H and O–H groups in total. The summed E-state index contributed by atoms with van der Waals surface area (Å²) in [6.45, 7) is 5.49. The summed E-state index contributed by atoms with van der Waals surface area (Å²) >= 11 is 1.55. The van der Waals surface area contributed by atoms with E-state index >= 15 is 0 Å². The molecule has 1 heterocycles. The van der Waals surface area contributed by atoms with Crippen LogP contribution in [0.3, 0.4) is 0 Å². The molecule has 0 aliphatic carbocycles. The van der Waals surface area contributed by atoms with Crippen molar-refractivity contribution in [3.05, 3.63) is 71.8 Å². The number of para-hydroxylation sites is 1. The van der Waals surface area contributed by atoms with E-state index in [0.717, 1.165) is 32.7 Å². The van der Waals surface area contributed by atoms with E-state index in [9.17, 15) is 4.79 Å². The molecule has 29 heavy (non-hydrogen) atoms. The highest BCUT2D eigenvalue weighted by atomic mass is 32.1. The summed E-state index contributed by atoms with van der Waals surface area (Å²) in [5.74, 6) is 0.693. The van der Waals surface area contributed by atoms with Crippen LogP contribution in [0.4, 0.5) is 10.8 Å². The number of hydrogen-bond acceptors (Lipinski definition) is 6. The molecule has 150 valence electrons. The van der Waals surface area contributed by atoms with Crippen molar-refractivity contribution < 1.29 is 9.53 Å². The van der Waals surface area contributed by atoms with Gasteiger partial charge in [-0.05, 0) is 49.7 Å². The second kappa shape index (κ2) is 9.75. The maximum atomic E-state index is 12.1. The number of methoxy groups -OCH3 is 1. The molecule has 1 aromatic heterocycles. The molecular weight excluding hydrogens is 384 g/mol. The predicted molar refractivity (Wildman–Crippen MR) is 118 cm³/mol. The summed E-state index contributed by atoms with van der Waals surface area (Å²) in [6, 6.07) is 17.7. The molecule has 3 aromatic rings. The number of aromatic nitrogens is 1. The van der Waals surface area contributed by atoms with Gasteiger partial charge in [0.15, 0.2) is 5.13 Å². The van der Waals surface area contributed by atoms with Gasteiger partial charge in [-0.1, -0.05) is 24.8 Å². The van der Waals surface area contributed by atoms with Gasteiger partial charge in [0.25, 0.3) is 0 Å². The molecule has 0 aliphatic heterocycles. The third-order valence-electron chi connectivity index (χ3n) is 4.08. The molecule has 6 nitrogen and oxygen atoms in total. The van der Waals surface area contributed by atoms with Gasteiger partial charge in [-0.3, -0.25) is 10.2 Å². The quantitative estimate of drug-likeness (QED) is 0.450. The van der Waals surface area contributed by atoms with Crippen molar-refractivity contribution in [3.8, 4) is 17.0 Å². The van der Waals surface area contributed by atoms with Gasteiger partial charge >= 0.3 is 0 Å². The van der Waals surface area contributed by atoms with E-state index in [2.05, 4.69) is 22.7 Å². The lowest BCUT2D eigenvalue weighted by molar-refractivity contribution is -0.121. The van der Waals surface area contributed by atoms with Crippen LogP contribution in [0.25, 0.3) is 11.3 Å². The lowest BCUT2D eigenvalue weighted by Crippen LogP contribution is -2.35. The Kier molecular flexibility index (Phi) is 6.86. The Morgan fingerprint density at radius 2 is 1.83 bits per heavy atom. The molecule has 7 heteroatoms. The van der Waals surface area contributed by atoms with E-state index in [1.54, 1.807) is 25.4 Å². The molecule has 0 spiro atoms. The number of carbonyl (C=O) groups excluding carboxylic acids is 1. The SMILES string of the molecule is C=C(C)NNC(=O)CCc1sc(Nc2ccccc2)nc1-c1ccc(OC)cc1. The van der Waals surface area contributed by atoms with Crippen molar-refractivity contribution in [2.24, 2.45) is 0 Å². The van der Waals surface area contributed by atoms with E-state index in [1.165, 1.54) is 0 Å². The Bertz CT molecular complexity index is 968. The smallest absolute Gasteiger partial charge is 0.238 e. The van der Waals surface area contributed by atoms with Gasteiger partial charge in [-0.15, -0.1) is 11.3 Å². The van der Waals surface area contributed by atoms with Crippen molar-refractivity contribution in [1.29, 1.82) is 0 Å². The van der Waals surface area contributed by atoms with Crippen LogP contribution >= 0.6 is 11.3 Å². The van der Waals surface area contributed by atoms with Gasteiger partial charge in [0.05, 0.1) is 12.8 Å². The Labute approximate surface area is 174 Å². The van der Waals surface area contributed by atoms with Crippen LogP contribution < -0.4 is 20.9 Å². The number of aryl methyl sites for hydroxylation is 1. The number of nitrogens with zero attached hydrogens (tertiary/aromatic N) is 1. The molecule has 0 bridgehead atoms. The van der Waals surface area contributed by atoms with E-state index in [1.807, 2.05) is 54.6 Å². The topological polar surface area (TPSA) is 75.3 Å². The lowest BCUT2D eigenvalue weighted by atomic mass is 10.1. The highest BCUT2D eigenvalue weighted by Gasteiger charge is 2.15. The summed E-state index contributed by atoms with van der Waals surface area (Å²) in [5.41, 5.74) is 8.89. The van der Waals surface area contributed by atoms with E-state index in [4.69, 9.17) is 9.72 Å². The Hall–Kier alpha value is -3.32. The predicted octanol–water partition coefficient (Wildman–Crippen LogP) is 4.65. The maximum Gasteiger partial charge on any atom is 0.238 e. The van der Waals surface area contributed by atoms with Crippen LogP contribution in [0.5, 0.6) is 5.75 Å². The van der Waals surface area contributed by atoms with Crippen molar-refractivity contribution in [1.82, 2.24) is 15.8 Å². The Morgan fingerprint density at radius 1 is 1.10 bits per heavy atom. The van der Waals surface area contributed by atoms with E-state index < -0.39 is 0 Å². The number of thiazole rings is 1. The Balaban J connectivity index is 1.81. The lowest BCUT2D eigenvalue weighted by Gasteiger charge is -2.07. The van der Waals surface area contributed by atoms with Gasteiger partial charge in [0.2, 0.25) is 5.91 Å². The summed E-state index contributed by atoms with van der Waals surface area (Å²) < 4.78 is 5.25. The third-order valence-corrected chi connectivity index (χ3v) is 5.11. The second-order valence-corrected chi connectivity index (χ2v) is 7.55. The van der Waals surface area contributed by atoms with Crippen molar-refractivity contribution in [2.75, 3.05) is 12.4 Å². The minimum absolute atomic E-state index is 0.0975. The molecule has 3 rings (SSSR count). The summed E-state index contributed by atoms with van der Waals surface area (Å²) in [6.07, 6.45) is 0.926. The molecule has 0 unspecified atom stereocenters. The highest BCUT2D eigenvalue weighted by Crippen LogP contribution is 2.34.